The standard InChI is InChI=1S/C17H20N2O2S.C8H18NS.Sn.H/c1-3-20-15-9-5-13(6-10-15)18-17(22)19-14-7-11-16(12-8-14)21-4-2;1-3-8(9)6-5-7-10-4-2;;/h5-12H,3-4H2,1-2H3,(H2,18,19,22);7-8H,3-6,9H2,1-2H3;;. The van der Waals surface area contributed by atoms with Crippen LogP contribution < -0.4 is 25.8 Å². The number of ether oxygens (including phenoxy) is 2. The first-order chi connectivity index (χ1) is 15.9. The number of thioether (sulfide) groups is 1. The van der Waals surface area contributed by atoms with Crippen LogP contribution in [-0.2, 0) is 0 Å². The van der Waals surface area contributed by atoms with Crippen LogP contribution in [0.3, 0.4) is 0 Å². The summed E-state index contributed by atoms with van der Waals surface area (Å²) in [5.41, 5.74) is 7.64. The molecule has 33 heavy (non-hydrogen) atoms. The van der Waals surface area contributed by atoms with Crippen molar-refractivity contribution in [3.63, 3.8) is 0 Å². The fraction of sp³-hybridized carbons (Fsp3) is 0.480. The predicted octanol–water partition coefficient (Wildman–Crippen LogP) is 5.78. The maximum absolute atomic E-state index is 5.82. The fourth-order valence-electron chi connectivity index (χ4n) is 2.78. The summed E-state index contributed by atoms with van der Waals surface area (Å²) in [5.74, 6) is 2.95. The quantitative estimate of drug-likeness (QED) is 0.212. The molecule has 2 rings (SSSR count). The van der Waals surface area contributed by atoms with E-state index in [0.717, 1.165) is 32.6 Å². The Bertz CT molecular complexity index is 723. The summed E-state index contributed by atoms with van der Waals surface area (Å²) in [6.45, 7) is 9.63. The second-order valence-electron chi connectivity index (χ2n) is 7.23. The van der Waals surface area contributed by atoms with E-state index < -0.39 is 0 Å². The Morgan fingerprint density at radius 2 is 1.33 bits per heavy atom. The van der Waals surface area contributed by atoms with Gasteiger partial charge in [-0.25, -0.2) is 0 Å². The van der Waals surface area contributed by atoms with Crippen LogP contribution in [0.1, 0.15) is 47.0 Å². The SMILES string of the molecule is CCOc1ccc(NC(=S)Nc2ccc(OCC)cc2)cc1.CCS[CH]([SnH])CCC(N)CC. The minimum absolute atomic E-state index is 0.447. The molecular weight excluding hydrogens is 557 g/mol. The van der Waals surface area contributed by atoms with Gasteiger partial charge in [-0.05, 0) is 74.6 Å². The zero-order chi connectivity index (χ0) is 24.5. The number of rotatable bonds is 12. The molecular formula is C25H39N3O2S2Sn. The topological polar surface area (TPSA) is 68.5 Å². The normalized spacial score (nSPS) is 12.1. The average molecular weight is 596 g/mol. The molecule has 0 aliphatic carbocycles. The molecule has 182 valence electrons. The molecule has 0 heterocycles. The Kier molecular flexibility index (Phi) is 16.5. The van der Waals surface area contributed by atoms with E-state index in [0.29, 0.717) is 24.4 Å². The van der Waals surface area contributed by atoms with Crippen LogP contribution in [-0.4, -0.2) is 55.9 Å². The van der Waals surface area contributed by atoms with Gasteiger partial charge in [0.1, 0.15) is 11.5 Å². The summed E-state index contributed by atoms with van der Waals surface area (Å²) >= 11 is 8.76. The summed E-state index contributed by atoms with van der Waals surface area (Å²) in [4.78, 5) is 0. The van der Waals surface area contributed by atoms with E-state index in [1.165, 1.54) is 41.1 Å². The molecule has 2 atom stereocenters. The van der Waals surface area contributed by atoms with Gasteiger partial charge in [-0.2, -0.15) is 0 Å². The molecule has 2 aromatic rings. The van der Waals surface area contributed by atoms with Crippen LogP contribution in [0.15, 0.2) is 48.5 Å². The Hall–Kier alpha value is -1.16. The third kappa shape index (κ3) is 14.0. The van der Waals surface area contributed by atoms with Gasteiger partial charge in [0.15, 0.2) is 5.11 Å². The Morgan fingerprint density at radius 1 is 0.879 bits per heavy atom. The molecule has 0 aromatic heterocycles. The van der Waals surface area contributed by atoms with E-state index >= 15 is 0 Å². The van der Waals surface area contributed by atoms with Crippen LogP contribution in [0.4, 0.5) is 11.4 Å². The third-order valence-electron chi connectivity index (χ3n) is 4.57. The molecule has 0 fully saturated rings. The molecule has 2 radical (unpaired) electrons. The van der Waals surface area contributed by atoms with Gasteiger partial charge in [0.25, 0.3) is 0 Å². The van der Waals surface area contributed by atoms with Gasteiger partial charge in [-0.1, -0.05) is 0 Å². The van der Waals surface area contributed by atoms with Crippen molar-refractivity contribution < 1.29 is 9.47 Å². The maximum atomic E-state index is 5.82. The average Bonchev–Trinajstić information content (AvgIpc) is 2.81. The predicted molar refractivity (Wildman–Crippen MR) is 152 cm³/mol. The first-order valence-corrected chi connectivity index (χ1v) is 14.9. The van der Waals surface area contributed by atoms with Crippen molar-refractivity contribution in [1.29, 1.82) is 0 Å². The van der Waals surface area contributed by atoms with E-state index in [9.17, 15) is 0 Å². The zero-order valence-corrected chi connectivity index (χ0v) is 25.2. The number of nitrogens with two attached hydrogens (primary N) is 1. The number of benzene rings is 2. The summed E-state index contributed by atoms with van der Waals surface area (Å²) in [5, 5.41) is 6.80. The molecule has 0 saturated carbocycles. The van der Waals surface area contributed by atoms with Crippen LogP contribution in [0.2, 0.25) is 0 Å². The number of nitrogens with one attached hydrogen (secondary N) is 2. The van der Waals surface area contributed by atoms with E-state index in [2.05, 4.69) is 36.2 Å². The van der Waals surface area contributed by atoms with Gasteiger partial charge >= 0.3 is 88.2 Å². The third-order valence-corrected chi connectivity index (χ3v) is 8.37. The van der Waals surface area contributed by atoms with E-state index in [1.54, 1.807) is 0 Å². The number of anilines is 2. The molecule has 0 spiro atoms. The van der Waals surface area contributed by atoms with Crippen LogP contribution in [0.5, 0.6) is 11.5 Å². The van der Waals surface area contributed by atoms with Crippen molar-refractivity contribution in [1.82, 2.24) is 0 Å². The Morgan fingerprint density at radius 3 is 1.70 bits per heavy atom. The second-order valence-corrected chi connectivity index (χ2v) is 12.8. The molecule has 0 amide bonds. The van der Waals surface area contributed by atoms with Gasteiger partial charge in [-0.3, -0.25) is 0 Å². The first kappa shape index (κ1) is 29.9. The van der Waals surface area contributed by atoms with Crippen LogP contribution >= 0.6 is 24.0 Å². The molecule has 8 heteroatoms. The molecule has 0 bridgehead atoms. The van der Waals surface area contributed by atoms with E-state index in [1.807, 2.05) is 62.4 Å². The van der Waals surface area contributed by atoms with E-state index in [4.69, 9.17) is 27.4 Å². The molecule has 0 aliphatic rings. The fourth-order valence-corrected chi connectivity index (χ4v) is 5.94. The zero-order valence-electron chi connectivity index (χ0n) is 20.3. The molecule has 0 saturated heterocycles. The first-order valence-electron chi connectivity index (χ1n) is 11.6. The van der Waals surface area contributed by atoms with Crippen molar-refractivity contribution in [3.8, 4) is 11.5 Å². The van der Waals surface area contributed by atoms with Crippen molar-refractivity contribution in [2.45, 2.75) is 56.3 Å². The molecule has 4 N–H and O–H groups in total. The number of thiocarbonyl (C=S) groups is 1. The van der Waals surface area contributed by atoms with Gasteiger partial charge < -0.3 is 20.1 Å². The monoisotopic (exact) mass is 597 g/mol. The minimum atomic E-state index is 0.447. The molecule has 5 nitrogen and oxygen atoms in total. The molecule has 0 aliphatic heterocycles. The van der Waals surface area contributed by atoms with Crippen LogP contribution in [0, 0.1) is 0 Å². The Labute approximate surface area is 223 Å². The van der Waals surface area contributed by atoms with E-state index in [-0.39, 0.29) is 0 Å². The van der Waals surface area contributed by atoms with Crippen molar-refractivity contribution in [2.24, 2.45) is 5.73 Å². The number of hydrogen-bond acceptors (Lipinski definition) is 5. The summed E-state index contributed by atoms with van der Waals surface area (Å²) in [6, 6.07) is 15.8. The summed E-state index contributed by atoms with van der Waals surface area (Å²) in [7, 11) is 0. The van der Waals surface area contributed by atoms with Gasteiger partial charge in [-0.15, -0.1) is 0 Å². The Balaban J connectivity index is 0.000000420. The summed E-state index contributed by atoms with van der Waals surface area (Å²) in [6.07, 6.45) is 3.68. The van der Waals surface area contributed by atoms with Gasteiger partial charge in [0.05, 0.1) is 13.2 Å². The van der Waals surface area contributed by atoms with Crippen molar-refractivity contribution >= 4 is 63.0 Å². The summed E-state index contributed by atoms with van der Waals surface area (Å²) < 4.78 is 11.7. The second kappa shape index (κ2) is 18.2. The number of hydrogen-bond donors (Lipinski definition) is 3. The molecule has 2 unspecified atom stereocenters. The van der Waals surface area contributed by atoms with Crippen LogP contribution in [0.25, 0.3) is 0 Å². The van der Waals surface area contributed by atoms with Gasteiger partial charge in [0, 0.05) is 11.4 Å². The molecule has 2 aromatic carbocycles. The van der Waals surface area contributed by atoms with Crippen molar-refractivity contribution in [2.75, 3.05) is 29.6 Å². The van der Waals surface area contributed by atoms with Crippen molar-refractivity contribution in [3.05, 3.63) is 48.5 Å². The van der Waals surface area contributed by atoms with Gasteiger partial charge in [0.2, 0.25) is 0 Å².